The Balaban J connectivity index is 1.58. The first kappa shape index (κ1) is 22.4. The third-order valence-electron chi connectivity index (χ3n) is 6.15. The van der Waals surface area contributed by atoms with Gasteiger partial charge in [-0.05, 0) is 42.5 Å². The minimum Gasteiger partial charge on any atom is -0.359 e. The summed E-state index contributed by atoms with van der Waals surface area (Å²) in [5.41, 5.74) is 1.16. The number of likely N-dealkylation sites (tertiary alicyclic amines) is 1. The molecule has 2 aromatic carbocycles. The lowest BCUT2D eigenvalue weighted by molar-refractivity contribution is -0.133. The van der Waals surface area contributed by atoms with Crippen LogP contribution in [0.25, 0.3) is 11.1 Å². The fourth-order valence-corrected chi connectivity index (χ4v) is 4.49. The number of rotatable bonds is 5. The maximum atomic E-state index is 14.1. The molecule has 33 heavy (non-hydrogen) atoms. The van der Waals surface area contributed by atoms with E-state index in [1.165, 1.54) is 18.2 Å². The number of aromatic nitrogens is 2. The monoisotopic (exact) mass is 448 g/mol. The minimum atomic E-state index is -0.801. The smallest absolute Gasteiger partial charge is 0.274 e. The largest absolute Gasteiger partial charge is 0.359 e. The van der Waals surface area contributed by atoms with E-state index in [0.717, 1.165) is 11.1 Å². The van der Waals surface area contributed by atoms with Gasteiger partial charge in [-0.1, -0.05) is 42.5 Å². The van der Waals surface area contributed by atoms with Crippen molar-refractivity contribution in [1.29, 1.82) is 0 Å². The number of benzene rings is 2. The van der Waals surface area contributed by atoms with Gasteiger partial charge in [0, 0.05) is 31.8 Å². The van der Waals surface area contributed by atoms with E-state index < -0.39 is 5.41 Å². The standard InChI is InChI=1S/C25H25FN4O3/c1-27-24(33)25(13-4-14-30(16-25)23(32)21-11-12-22(31)29-28-21)15-17-7-9-18(10-8-17)19-5-2-3-6-20(19)26/h2-3,5-12H,4,13-16H2,1H3,(H,27,33)(H,29,31)/t25-/m0/s1. The van der Waals surface area contributed by atoms with Gasteiger partial charge in [-0.2, -0.15) is 5.10 Å². The van der Waals surface area contributed by atoms with Crippen LogP contribution in [-0.4, -0.2) is 47.0 Å². The quantitative estimate of drug-likeness (QED) is 0.628. The molecule has 2 N–H and O–H groups in total. The lowest BCUT2D eigenvalue weighted by Gasteiger charge is -2.41. The Morgan fingerprint density at radius 1 is 1.12 bits per heavy atom. The van der Waals surface area contributed by atoms with Crippen LogP contribution in [0.1, 0.15) is 28.9 Å². The summed E-state index contributed by atoms with van der Waals surface area (Å²) in [6.45, 7) is 0.742. The van der Waals surface area contributed by atoms with Crippen molar-refractivity contribution < 1.29 is 14.0 Å². The molecule has 0 unspecified atom stereocenters. The molecule has 0 bridgehead atoms. The van der Waals surface area contributed by atoms with E-state index in [1.54, 1.807) is 30.1 Å². The van der Waals surface area contributed by atoms with E-state index in [4.69, 9.17) is 0 Å². The van der Waals surface area contributed by atoms with Gasteiger partial charge in [-0.25, -0.2) is 9.49 Å². The van der Waals surface area contributed by atoms with E-state index in [2.05, 4.69) is 15.5 Å². The van der Waals surface area contributed by atoms with Crippen LogP contribution in [0.4, 0.5) is 4.39 Å². The topological polar surface area (TPSA) is 95.2 Å². The molecule has 7 nitrogen and oxygen atoms in total. The molecule has 1 aromatic heterocycles. The van der Waals surface area contributed by atoms with Crippen molar-refractivity contribution in [2.75, 3.05) is 20.1 Å². The predicted molar refractivity (Wildman–Crippen MR) is 122 cm³/mol. The number of carbonyl (C=O) groups is 2. The number of piperidine rings is 1. The number of hydrogen-bond acceptors (Lipinski definition) is 4. The molecule has 8 heteroatoms. The second kappa shape index (κ2) is 9.36. The van der Waals surface area contributed by atoms with Gasteiger partial charge in [0.2, 0.25) is 5.91 Å². The van der Waals surface area contributed by atoms with E-state index in [9.17, 15) is 18.8 Å². The molecule has 0 aliphatic carbocycles. The van der Waals surface area contributed by atoms with Crippen LogP contribution >= 0.6 is 0 Å². The molecule has 0 saturated carbocycles. The molecular weight excluding hydrogens is 423 g/mol. The van der Waals surface area contributed by atoms with Crippen molar-refractivity contribution in [2.24, 2.45) is 5.41 Å². The van der Waals surface area contributed by atoms with E-state index >= 15 is 0 Å². The number of hydrogen-bond donors (Lipinski definition) is 2. The van der Waals surface area contributed by atoms with Crippen LogP contribution in [0.2, 0.25) is 0 Å². The summed E-state index contributed by atoms with van der Waals surface area (Å²) in [7, 11) is 1.59. The first-order chi connectivity index (χ1) is 15.9. The molecule has 1 fully saturated rings. The lowest BCUT2D eigenvalue weighted by atomic mass is 9.74. The van der Waals surface area contributed by atoms with Crippen molar-refractivity contribution in [3.8, 4) is 11.1 Å². The molecule has 4 rings (SSSR count). The highest BCUT2D eigenvalue weighted by Crippen LogP contribution is 2.35. The van der Waals surface area contributed by atoms with E-state index in [0.29, 0.717) is 31.4 Å². The van der Waals surface area contributed by atoms with Gasteiger partial charge in [0.05, 0.1) is 5.41 Å². The van der Waals surface area contributed by atoms with Gasteiger partial charge in [0.1, 0.15) is 11.5 Å². The number of nitrogens with zero attached hydrogens (tertiary/aromatic N) is 2. The zero-order valence-corrected chi connectivity index (χ0v) is 18.3. The maximum absolute atomic E-state index is 14.1. The molecule has 1 saturated heterocycles. The number of nitrogens with one attached hydrogen (secondary N) is 2. The van der Waals surface area contributed by atoms with Gasteiger partial charge in [-0.3, -0.25) is 14.4 Å². The Labute approximate surface area is 190 Å². The molecule has 2 amide bonds. The number of H-pyrrole nitrogens is 1. The molecule has 170 valence electrons. The zero-order valence-electron chi connectivity index (χ0n) is 18.3. The molecule has 0 spiro atoms. The van der Waals surface area contributed by atoms with Gasteiger partial charge in [0.15, 0.2) is 0 Å². The summed E-state index contributed by atoms with van der Waals surface area (Å²) in [6, 6.07) is 16.7. The van der Waals surface area contributed by atoms with Gasteiger partial charge in [-0.15, -0.1) is 0 Å². The molecule has 2 heterocycles. The van der Waals surface area contributed by atoms with Crippen LogP contribution in [0.15, 0.2) is 65.5 Å². The fraction of sp³-hybridized carbons (Fsp3) is 0.280. The summed E-state index contributed by atoms with van der Waals surface area (Å²) < 4.78 is 14.1. The third kappa shape index (κ3) is 4.69. The Morgan fingerprint density at radius 2 is 1.88 bits per heavy atom. The summed E-state index contributed by atoms with van der Waals surface area (Å²) >= 11 is 0. The average Bonchev–Trinajstić information content (AvgIpc) is 2.84. The molecule has 1 aliphatic rings. The summed E-state index contributed by atoms with van der Waals surface area (Å²) in [5, 5.41) is 8.87. The van der Waals surface area contributed by atoms with Crippen molar-refractivity contribution >= 4 is 11.8 Å². The molecule has 0 radical (unpaired) electrons. The first-order valence-corrected chi connectivity index (χ1v) is 10.8. The lowest BCUT2D eigenvalue weighted by Crippen LogP contribution is -2.54. The highest BCUT2D eigenvalue weighted by molar-refractivity contribution is 5.93. The summed E-state index contributed by atoms with van der Waals surface area (Å²) in [6.07, 6.45) is 1.73. The zero-order chi connectivity index (χ0) is 23.4. The number of aromatic amines is 1. The highest BCUT2D eigenvalue weighted by Gasteiger charge is 2.43. The second-order valence-electron chi connectivity index (χ2n) is 8.35. The molecule has 1 aliphatic heterocycles. The Hall–Kier alpha value is -3.81. The summed E-state index contributed by atoms with van der Waals surface area (Å²) in [4.78, 5) is 38.9. The molecule has 1 atom stereocenters. The Kier molecular flexibility index (Phi) is 6.35. The fourth-order valence-electron chi connectivity index (χ4n) is 4.49. The SMILES string of the molecule is CNC(=O)[C@]1(Cc2ccc(-c3ccccc3F)cc2)CCCN(C(=O)c2ccc(=O)[nH]n2)C1. The van der Waals surface area contributed by atoms with E-state index in [-0.39, 0.29) is 35.4 Å². The van der Waals surface area contributed by atoms with Gasteiger partial charge < -0.3 is 10.2 Å². The van der Waals surface area contributed by atoms with Crippen molar-refractivity contribution in [1.82, 2.24) is 20.4 Å². The van der Waals surface area contributed by atoms with Gasteiger partial charge >= 0.3 is 0 Å². The maximum Gasteiger partial charge on any atom is 0.274 e. The van der Waals surface area contributed by atoms with Crippen LogP contribution in [0.5, 0.6) is 0 Å². The number of halogens is 1. The summed E-state index contributed by atoms with van der Waals surface area (Å²) in [5.74, 6) is -0.744. The first-order valence-electron chi connectivity index (χ1n) is 10.8. The minimum absolute atomic E-state index is 0.132. The number of carbonyl (C=O) groups excluding carboxylic acids is 2. The molecular formula is C25H25FN4O3. The average molecular weight is 448 g/mol. The third-order valence-corrected chi connectivity index (χ3v) is 6.15. The van der Waals surface area contributed by atoms with Gasteiger partial charge in [0.25, 0.3) is 11.5 Å². The van der Waals surface area contributed by atoms with Crippen LogP contribution in [0, 0.1) is 11.2 Å². The van der Waals surface area contributed by atoms with Crippen molar-refractivity contribution in [3.05, 3.63) is 88.1 Å². The second-order valence-corrected chi connectivity index (χ2v) is 8.35. The van der Waals surface area contributed by atoms with Crippen molar-refractivity contribution in [2.45, 2.75) is 19.3 Å². The van der Waals surface area contributed by atoms with Crippen LogP contribution in [-0.2, 0) is 11.2 Å². The van der Waals surface area contributed by atoms with E-state index in [1.807, 2.05) is 24.3 Å². The predicted octanol–water partition coefficient (Wildman–Crippen LogP) is 2.79. The van der Waals surface area contributed by atoms with Crippen LogP contribution < -0.4 is 10.9 Å². The van der Waals surface area contributed by atoms with Crippen molar-refractivity contribution in [3.63, 3.8) is 0 Å². The number of amides is 2. The normalized spacial score (nSPS) is 18.1. The molecule has 3 aromatic rings. The Morgan fingerprint density at radius 3 is 2.55 bits per heavy atom. The van der Waals surface area contributed by atoms with Crippen LogP contribution in [0.3, 0.4) is 0 Å². The highest BCUT2D eigenvalue weighted by atomic mass is 19.1. The Bertz CT molecular complexity index is 1200.